The highest BCUT2D eigenvalue weighted by Gasteiger charge is 2.22. The predicted octanol–water partition coefficient (Wildman–Crippen LogP) is 0.954. The molecule has 0 saturated heterocycles. The molecule has 3 N–H and O–H groups in total. The number of benzene rings is 1. The number of fused-ring (bicyclic) bond motifs is 1. The van der Waals surface area contributed by atoms with Crippen LogP contribution in [0.1, 0.15) is 27.9 Å². The summed E-state index contributed by atoms with van der Waals surface area (Å²) in [7, 11) is 0. The van der Waals surface area contributed by atoms with Gasteiger partial charge in [0.15, 0.2) is 5.78 Å². The molecule has 15 heavy (non-hydrogen) atoms. The third-order valence-corrected chi connectivity index (χ3v) is 2.54. The Morgan fingerprint density at radius 3 is 3.00 bits per heavy atom. The van der Waals surface area contributed by atoms with Crippen molar-refractivity contribution >= 4 is 5.78 Å². The van der Waals surface area contributed by atoms with Crippen LogP contribution in [0.5, 0.6) is 5.75 Å². The van der Waals surface area contributed by atoms with Crippen LogP contribution >= 0.6 is 0 Å². The second-order valence-corrected chi connectivity index (χ2v) is 3.55. The molecule has 0 aliphatic carbocycles. The smallest absolute Gasteiger partial charge is 0.168 e. The van der Waals surface area contributed by atoms with E-state index in [1.165, 1.54) is 6.07 Å². The largest absolute Gasteiger partial charge is 0.507 e. The van der Waals surface area contributed by atoms with Gasteiger partial charge in [0.2, 0.25) is 0 Å². The van der Waals surface area contributed by atoms with Crippen LogP contribution in [-0.2, 0) is 18.0 Å². The number of hydrogen-bond donors (Lipinski definition) is 2. The van der Waals surface area contributed by atoms with Gasteiger partial charge in [-0.1, -0.05) is 6.07 Å². The number of ether oxygens (including phenoxy) is 1. The van der Waals surface area contributed by atoms with Crippen molar-refractivity contribution in [1.29, 1.82) is 0 Å². The summed E-state index contributed by atoms with van der Waals surface area (Å²) in [6.07, 6.45) is 0.254. The number of Topliss-reactive ketones (excluding diaryl/α,β-unsaturated/α-hetero) is 1. The Hall–Kier alpha value is -1.39. The number of phenols is 1. The molecule has 1 aliphatic heterocycles. The van der Waals surface area contributed by atoms with Crippen molar-refractivity contribution in [2.75, 3.05) is 6.54 Å². The Morgan fingerprint density at radius 1 is 1.47 bits per heavy atom. The van der Waals surface area contributed by atoms with Gasteiger partial charge in [-0.3, -0.25) is 4.79 Å². The van der Waals surface area contributed by atoms with Gasteiger partial charge in [-0.15, -0.1) is 0 Å². The average Bonchev–Trinajstić information content (AvgIpc) is 2.65. The molecule has 1 aliphatic rings. The van der Waals surface area contributed by atoms with Crippen molar-refractivity contribution in [3.05, 3.63) is 28.8 Å². The van der Waals surface area contributed by atoms with E-state index in [1.807, 2.05) is 0 Å². The molecule has 2 rings (SSSR count). The van der Waals surface area contributed by atoms with Gasteiger partial charge in [-0.2, -0.15) is 0 Å². The van der Waals surface area contributed by atoms with E-state index in [2.05, 4.69) is 0 Å². The van der Waals surface area contributed by atoms with Gasteiger partial charge in [0.25, 0.3) is 0 Å². The van der Waals surface area contributed by atoms with Gasteiger partial charge in [0.05, 0.1) is 18.8 Å². The minimum absolute atomic E-state index is 0.0256. The average molecular weight is 207 g/mol. The lowest BCUT2D eigenvalue weighted by Crippen LogP contribution is -2.10. The number of aromatic hydroxyl groups is 1. The van der Waals surface area contributed by atoms with Crippen LogP contribution in [0, 0.1) is 0 Å². The molecule has 80 valence electrons. The lowest BCUT2D eigenvalue weighted by Gasteiger charge is -2.07. The summed E-state index contributed by atoms with van der Waals surface area (Å²) in [6, 6.07) is 3.33. The van der Waals surface area contributed by atoms with Crippen LogP contribution in [0.15, 0.2) is 12.1 Å². The van der Waals surface area contributed by atoms with Gasteiger partial charge in [0.1, 0.15) is 5.75 Å². The fourth-order valence-corrected chi connectivity index (χ4v) is 1.81. The minimum Gasteiger partial charge on any atom is -0.507 e. The molecule has 0 bridgehead atoms. The van der Waals surface area contributed by atoms with Gasteiger partial charge in [-0.05, 0) is 23.7 Å². The summed E-state index contributed by atoms with van der Waals surface area (Å²) >= 11 is 0. The third-order valence-electron chi connectivity index (χ3n) is 2.54. The molecular formula is C11H13NO3. The predicted molar refractivity (Wildman–Crippen MR) is 54.6 cm³/mol. The summed E-state index contributed by atoms with van der Waals surface area (Å²) < 4.78 is 5.24. The second-order valence-electron chi connectivity index (χ2n) is 3.55. The van der Waals surface area contributed by atoms with Crippen LogP contribution in [-0.4, -0.2) is 17.4 Å². The fourth-order valence-electron chi connectivity index (χ4n) is 1.81. The highest BCUT2D eigenvalue weighted by molar-refractivity contribution is 6.00. The second kappa shape index (κ2) is 4.00. The van der Waals surface area contributed by atoms with Crippen molar-refractivity contribution in [3.8, 4) is 5.75 Å². The van der Waals surface area contributed by atoms with E-state index in [9.17, 15) is 9.90 Å². The normalized spacial score (nSPS) is 13.9. The zero-order valence-electron chi connectivity index (χ0n) is 8.32. The molecule has 0 saturated carbocycles. The minimum atomic E-state index is -0.114. The van der Waals surface area contributed by atoms with E-state index in [0.29, 0.717) is 25.3 Å². The maximum absolute atomic E-state index is 11.7. The molecule has 0 amide bonds. The van der Waals surface area contributed by atoms with E-state index in [1.54, 1.807) is 6.07 Å². The lowest BCUT2D eigenvalue weighted by molar-refractivity contribution is 0.0977. The van der Waals surface area contributed by atoms with Crippen LogP contribution in [0.4, 0.5) is 0 Å². The van der Waals surface area contributed by atoms with E-state index < -0.39 is 0 Å². The number of nitrogens with two attached hydrogens (primary N) is 1. The van der Waals surface area contributed by atoms with Gasteiger partial charge >= 0.3 is 0 Å². The molecule has 1 heterocycles. The highest BCUT2D eigenvalue weighted by atomic mass is 16.5. The molecule has 0 aromatic heterocycles. The maximum atomic E-state index is 11.7. The Bertz CT molecular complexity index is 401. The third kappa shape index (κ3) is 1.73. The first-order valence-corrected chi connectivity index (χ1v) is 4.88. The topological polar surface area (TPSA) is 72.6 Å². The molecule has 0 atom stereocenters. The van der Waals surface area contributed by atoms with E-state index >= 15 is 0 Å². The summed E-state index contributed by atoms with van der Waals surface area (Å²) in [6.45, 7) is 1.21. The molecule has 0 unspecified atom stereocenters. The Labute approximate surface area is 87.7 Å². The maximum Gasteiger partial charge on any atom is 0.168 e. The van der Waals surface area contributed by atoms with Gasteiger partial charge in [-0.25, -0.2) is 0 Å². The number of carbonyl (C=O) groups excluding carboxylic acids is 1. The van der Waals surface area contributed by atoms with Crippen LogP contribution < -0.4 is 5.73 Å². The van der Waals surface area contributed by atoms with Crippen molar-refractivity contribution in [3.63, 3.8) is 0 Å². The first kappa shape index (κ1) is 10.1. The van der Waals surface area contributed by atoms with E-state index in [4.69, 9.17) is 10.5 Å². The SMILES string of the molecule is NCCC(=O)c1c(O)ccc2c1COC2. The van der Waals surface area contributed by atoms with Crippen molar-refractivity contribution in [2.24, 2.45) is 5.73 Å². The van der Waals surface area contributed by atoms with Crippen molar-refractivity contribution < 1.29 is 14.6 Å². The number of carbonyl (C=O) groups is 1. The van der Waals surface area contributed by atoms with E-state index in [-0.39, 0.29) is 18.0 Å². The molecule has 0 spiro atoms. The molecule has 0 fully saturated rings. The quantitative estimate of drug-likeness (QED) is 0.724. The van der Waals surface area contributed by atoms with Crippen LogP contribution in [0.2, 0.25) is 0 Å². The molecule has 4 heteroatoms. The monoisotopic (exact) mass is 207 g/mol. The lowest BCUT2D eigenvalue weighted by atomic mass is 9.97. The Kier molecular flexibility index (Phi) is 2.70. The van der Waals surface area contributed by atoms with Crippen molar-refractivity contribution in [2.45, 2.75) is 19.6 Å². The van der Waals surface area contributed by atoms with Gasteiger partial charge in [0, 0.05) is 6.42 Å². The summed E-state index contributed by atoms with van der Waals surface area (Å²) in [4.78, 5) is 11.7. The Balaban J connectivity index is 2.45. The number of phenolic OH excluding ortho intramolecular Hbond substituents is 1. The zero-order valence-corrected chi connectivity index (χ0v) is 8.32. The standard InChI is InChI=1S/C11H13NO3/c12-4-3-10(14)11-8-6-15-5-7(8)1-2-9(11)13/h1-2,13H,3-6,12H2. The number of hydrogen-bond acceptors (Lipinski definition) is 4. The first-order valence-electron chi connectivity index (χ1n) is 4.88. The Morgan fingerprint density at radius 2 is 2.27 bits per heavy atom. The number of rotatable bonds is 3. The van der Waals surface area contributed by atoms with Crippen molar-refractivity contribution in [1.82, 2.24) is 0 Å². The summed E-state index contributed by atoms with van der Waals surface area (Å²) in [5, 5.41) is 9.65. The van der Waals surface area contributed by atoms with Crippen LogP contribution in [0.25, 0.3) is 0 Å². The van der Waals surface area contributed by atoms with E-state index in [0.717, 1.165) is 11.1 Å². The number of ketones is 1. The molecule has 1 aromatic carbocycles. The molecule has 4 nitrogen and oxygen atoms in total. The fraction of sp³-hybridized carbons (Fsp3) is 0.364. The molecular weight excluding hydrogens is 194 g/mol. The summed E-state index contributed by atoms with van der Waals surface area (Å²) in [5.41, 5.74) is 7.51. The van der Waals surface area contributed by atoms with Crippen LogP contribution in [0.3, 0.4) is 0 Å². The van der Waals surface area contributed by atoms with Gasteiger partial charge < -0.3 is 15.6 Å². The molecule has 1 aromatic rings. The molecule has 0 radical (unpaired) electrons. The first-order chi connectivity index (χ1) is 7.24. The summed E-state index contributed by atoms with van der Waals surface area (Å²) in [5.74, 6) is -0.0879. The zero-order chi connectivity index (χ0) is 10.8. The highest BCUT2D eigenvalue weighted by Crippen LogP contribution is 2.30.